The number of fused-ring (bicyclic) bond motifs is 2. The van der Waals surface area contributed by atoms with E-state index < -0.39 is 9.84 Å². The van der Waals surface area contributed by atoms with Crippen LogP contribution in [0.3, 0.4) is 0 Å². The number of nitrogens with one attached hydrogen (secondary N) is 2. The molecule has 6 nitrogen and oxygen atoms in total. The lowest BCUT2D eigenvalue weighted by atomic mass is 9.96. The quantitative estimate of drug-likeness (QED) is 0.513. The molecule has 1 aliphatic heterocycles. The Bertz CT molecular complexity index is 1470. The number of nitrogens with zero attached hydrogens (tertiary/aromatic N) is 1. The Morgan fingerprint density at radius 3 is 2.55 bits per heavy atom. The normalized spacial score (nSPS) is 15.4. The SMILES string of the molecule is Cn1cc2c3c(c[nH]c3c1=O)C(Cc1ccccc1)Nc1ccc(CS(C)(=O)=O)cc1-2. The third kappa shape index (κ3) is 3.55. The van der Waals surface area contributed by atoms with E-state index in [1.807, 2.05) is 48.8 Å². The minimum absolute atomic E-state index is 0.0252. The molecule has 0 spiro atoms. The second-order valence-electron chi connectivity index (χ2n) is 8.29. The molecule has 158 valence electrons. The van der Waals surface area contributed by atoms with Crippen molar-refractivity contribution in [3.8, 4) is 11.1 Å². The third-order valence-electron chi connectivity index (χ3n) is 5.83. The van der Waals surface area contributed by atoms with Crippen LogP contribution in [0.4, 0.5) is 5.69 Å². The van der Waals surface area contributed by atoms with Gasteiger partial charge in [-0.25, -0.2) is 8.42 Å². The lowest BCUT2D eigenvalue weighted by Gasteiger charge is -2.19. The van der Waals surface area contributed by atoms with Crippen molar-refractivity contribution < 1.29 is 8.42 Å². The molecule has 2 N–H and O–H groups in total. The molecule has 2 aromatic heterocycles. The number of H-pyrrole nitrogens is 1. The van der Waals surface area contributed by atoms with Gasteiger partial charge in [-0.15, -0.1) is 0 Å². The Morgan fingerprint density at radius 1 is 1.03 bits per heavy atom. The van der Waals surface area contributed by atoms with Crippen molar-refractivity contribution in [2.45, 2.75) is 18.2 Å². The smallest absolute Gasteiger partial charge is 0.274 e. The van der Waals surface area contributed by atoms with Gasteiger partial charge in [-0.05, 0) is 29.7 Å². The van der Waals surface area contributed by atoms with Gasteiger partial charge in [0, 0.05) is 53.5 Å². The summed E-state index contributed by atoms with van der Waals surface area (Å²) in [7, 11) is -1.43. The molecule has 1 unspecified atom stereocenters. The highest BCUT2D eigenvalue weighted by Gasteiger charge is 2.26. The number of benzene rings is 2. The lowest BCUT2D eigenvalue weighted by molar-refractivity contribution is 0.601. The summed E-state index contributed by atoms with van der Waals surface area (Å²) in [5, 5.41) is 4.54. The van der Waals surface area contributed by atoms with E-state index in [0.717, 1.165) is 39.7 Å². The van der Waals surface area contributed by atoms with Gasteiger partial charge < -0.3 is 14.9 Å². The van der Waals surface area contributed by atoms with E-state index in [9.17, 15) is 13.2 Å². The molecular formula is C24H23N3O3S. The molecule has 4 aromatic rings. The second kappa shape index (κ2) is 7.13. The molecule has 0 aliphatic carbocycles. The number of pyridine rings is 1. The van der Waals surface area contributed by atoms with Crippen molar-refractivity contribution in [2.75, 3.05) is 11.6 Å². The monoisotopic (exact) mass is 433 g/mol. The van der Waals surface area contributed by atoms with Crippen LogP contribution < -0.4 is 10.9 Å². The summed E-state index contributed by atoms with van der Waals surface area (Å²) in [5.41, 5.74) is 6.18. The highest BCUT2D eigenvalue weighted by Crippen LogP contribution is 2.42. The Labute approximate surface area is 180 Å². The zero-order chi connectivity index (χ0) is 21.8. The molecule has 0 radical (unpaired) electrons. The molecule has 5 rings (SSSR count). The Balaban J connectivity index is 1.75. The average molecular weight is 434 g/mol. The standard InChI is InChI=1S/C24H23N3O3S/c1-27-13-19-17-10-16(14-31(2,29)30)8-9-20(17)26-21(11-15-6-4-3-5-7-15)18-12-25-23(22(18)19)24(27)28/h3-10,12-13,21,25-26H,11,14H2,1-2H3. The summed E-state index contributed by atoms with van der Waals surface area (Å²) in [6.07, 6.45) is 5.76. The number of aromatic amines is 1. The van der Waals surface area contributed by atoms with Gasteiger partial charge in [0.2, 0.25) is 0 Å². The van der Waals surface area contributed by atoms with Crippen molar-refractivity contribution in [3.05, 3.63) is 88.0 Å². The van der Waals surface area contributed by atoms with E-state index in [1.165, 1.54) is 11.8 Å². The van der Waals surface area contributed by atoms with Crippen LogP contribution in [0.25, 0.3) is 22.0 Å². The van der Waals surface area contributed by atoms with Gasteiger partial charge in [0.05, 0.1) is 11.8 Å². The van der Waals surface area contributed by atoms with Crippen molar-refractivity contribution in [3.63, 3.8) is 0 Å². The van der Waals surface area contributed by atoms with Gasteiger partial charge in [-0.3, -0.25) is 4.79 Å². The van der Waals surface area contributed by atoms with Crippen molar-refractivity contribution in [2.24, 2.45) is 7.05 Å². The van der Waals surface area contributed by atoms with Gasteiger partial charge in [0.25, 0.3) is 5.56 Å². The molecule has 31 heavy (non-hydrogen) atoms. The zero-order valence-corrected chi connectivity index (χ0v) is 18.2. The maximum Gasteiger partial charge on any atom is 0.274 e. The minimum atomic E-state index is -3.16. The minimum Gasteiger partial charge on any atom is -0.377 e. The van der Waals surface area contributed by atoms with Crippen molar-refractivity contribution in [1.82, 2.24) is 9.55 Å². The van der Waals surface area contributed by atoms with E-state index in [1.54, 1.807) is 11.6 Å². The molecule has 0 amide bonds. The molecule has 0 bridgehead atoms. The summed E-state index contributed by atoms with van der Waals surface area (Å²) in [4.78, 5) is 16.0. The summed E-state index contributed by atoms with van der Waals surface area (Å²) >= 11 is 0. The Hall–Kier alpha value is -3.32. The fourth-order valence-electron chi connectivity index (χ4n) is 4.48. The first-order valence-electron chi connectivity index (χ1n) is 10.1. The van der Waals surface area contributed by atoms with Gasteiger partial charge in [-0.2, -0.15) is 0 Å². The van der Waals surface area contributed by atoms with Crippen molar-refractivity contribution >= 4 is 26.4 Å². The van der Waals surface area contributed by atoms with Crippen LogP contribution in [0.2, 0.25) is 0 Å². The van der Waals surface area contributed by atoms with E-state index >= 15 is 0 Å². The molecule has 3 heterocycles. The first-order chi connectivity index (χ1) is 14.8. The van der Waals surface area contributed by atoms with Crippen molar-refractivity contribution in [1.29, 1.82) is 0 Å². The van der Waals surface area contributed by atoms with Crippen LogP contribution >= 0.6 is 0 Å². The number of hydrogen-bond acceptors (Lipinski definition) is 4. The highest BCUT2D eigenvalue weighted by molar-refractivity contribution is 7.89. The molecule has 1 atom stereocenters. The topological polar surface area (TPSA) is 84.0 Å². The fourth-order valence-corrected chi connectivity index (χ4v) is 5.26. The van der Waals surface area contributed by atoms with Gasteiger partial charge in [-0.1, -0.05) is 36.4 Å². The number of sulfone groups is 1. The Kier molecular flexibility index (Phi) is 4.51. The number of anilines is 1. The van der Waals surface area contributed by atoms with Crippen LogP contribution in [-0.2, 0) is 29.1 Å². The first kappa shape index (κ1) is 19.6. The summed E-state index contributed by atoms with van der Waals surface area (Å²) < 4.78 is 25.3. The fraction of sp³-hybridized carbons (Fsp3) is 0.208. The van der Waals surface area contributed by atoms with Crippen LogP contribution in [0.15, 0.2) is 65.7 Å². The zero-order valence-electron chi connectivity index (χ0n) is 17.3. The molecule has 7 heteroatoms. The molecule has 1 aliphatic rings. The highest BCUT2D eigenvalue weighted by atomic mass is 32.2. The van der Waals surface area contributed by atoms with E-state index in [-0.39, 0.29) is 17.4 Å². The predicted octanol–water partition coefficient (Wildman–Crippen LogP) is 3.79. The average Bonchev–Trinajstić information content (AvgIpc) is 3.12. The first-order valence-corrected chi connectivity index (χ1v) is 12.2. The van der Waals surface area contributed by atoms with Gasteiger partial charge >= 0.3 is 0 Å². The van der Waals surface area contributed by atoms with Crippen LogP contribution in [0, 0.1) is 0 Å². The molecule has 2 aromatic carbocycles. The summed E-state index contributed by atoms with van der Waals surface area (Å²) in [6, 6.07) is 15.9. The van der Waals surface area contributed by atoms with Crippen LogP contribution in [0.1, 0.15) is 22.7 Å². The predicted molar refractivity (Wildman–Crippen MR) is 124 cm³/mol. The third-order valence-corrected chi connectivity index (χ3v) is 6.69. The second-order valence-corrected chi connectivity index (χ2v) is 10.4. The maximum absolute atomic E-state index is 12.8. The molecule has 0 fully saturated rings. The van der Waals surface area contributed by atoms with E-state index in [2.05, 4.69) is 22.4 Å². The van der Waals surface area contributed by atoms with Crippen LogP contribution in [0.5, 0.6) is 0 Å². The van der Waals surface area contributed by atoms with Crippen LogP contribution in [-0.4, -0.2) is 24.2 Å². The van der Waals surface area contributed by atoms with E-state index in [0.29, 0.717) is 5.52 Å². The number of rotatable bonds is 4. The van der Waals surface area contributed by atoms with Gasteiger partial charge in [0.1, 0.15) is 5.52 Å². The van der Waals surface area contributed by atoms with E-state index in [4.69, 9.17) is 0 Å². The largest absolute Gasteiger partial charge is 0.377 e. The van der Waals surface area contributed by atoms with Gasteiger partial charge in [0.15, 0.2) is 9.84 Å². The molecule has 0 saturated heterocycles. The maximum atomic E-state index is 12.8. The molecular weight excluding hydrogens is 410 g/mol. The lowest BCUT2D eigenvalue weighted by Crippen LogP contribution is -2.16. The number of hydrogen-bond donors (Lipinski definition) is 2. The number of aryl methyl sites for hydroxylation is 1. The summed E-state index contributed by atoms with van der Waals surface area (Å²) in [5.74, 6) is -0.0252. The summed E-state index contributed by atoms with van der Waals surface area (Å²) in [6.45, 7) is 0. The molecule has 0 saturated carbocycles. The number of aromatic nitrogens is 2. The Morgan fingerprint density at radius 2 is 1.81 bits per heavy atom.